The molecule has 0 saturated heterocycles. The largest absolute Gasteiger partial charge is 0.458 e. The number of carbonyl (C=O) groups is 3. The van der Waals surface area contributed by atoms with Gasteiger partial charge >= 0.3 is 5.97 Å². The molecule has 0 spiro atoms. The summed E-state index contributed by atoms with van der Waals surface area (Å²) >= 11 is 0. The van der Waals surface area contributed by atoms with Gasteiger partial charge in [0.25, 0.3) is 11.8 Å². The molecule has 0 bridgehead atoms. The molecule has 7 nitrogen and oxygen atoms in total. The lowest BCUT2D eigenvalue weighted by Gasteiger charge is -2.15. The molecule has 1 N–H and O–H groups in total. The van der Waals surface area contributed by atoms with Crippen molar-refractivity contribution in [2.75, 3.05) is 6.61 Å². The van der Waals surface area contributed by atoms with Crippen LogP contribution in [0.2, 0.25) is 0 Å². The molecule has 1 aromatic carbocycles. The Bertz CT molecular complexity index is 1130. The van der Waals surface area contributed by atoms with E-state index in [9.17, 15) is 14.4 Å². The van der Waals surface area contributed by atoms with Gasteiger partial charge in [-0.25, -0.2) is 4.79 Å². The van der Waals surface area contributed by atoms with Gasteiger partial charge in [-0.05, 0) is 42.8 Å². The summed E-state index contributed by atoms with van der Waals surface area (Å²) in [4.78, 5) is 35.8. The van der Waals surface area contributed by atoms with E-state index < -0.39 is 17.8 Å². The van der Waals surface area contributed by atoms with Crippen LogP contribution in [-0.4, -0.2) is 24.4 Å². The molecule has 3 rings (SSSR count). The maximum atomic E-state index is 12.1. The molecule has 0 unspecified atom stereocenters. The fourth-order valence-corrected chi connectivity index (χ4v) is 2.76. The summed E-state index contributed by atoms with van der Waals surface area (Å²) in [5, 5.41) is 11.2. The monoisotopic (exact) mass is 388 g/mol. The maximum absolute atomic E-state index is 12.1. The topological polar surface area (TPSA) is 109 Å². The van der Waals surface area contributed by atoms with Gasteiger partial charge in [0.05, 0.1) is 5.56 Å². The first-order valence-electron chi connectivity index (χ1n) is 8.61. The van der Waals surface area contributed by atoms with Gasteiger partial charge in [-0.2, -0.15) is 5.26 Å². The van der Waals surface area contributed by atoms with E-state index >= 15 is 0 Å². The Balaban J connectivity index is 1.91. The number of nitrogens with one attached hydrogen (secondary N) is 1. The molecule has 144 valence electrons. The number of esters is 1. The number of hydrogen-bond donors (Lipinski definition) is 1. The third-order valence-electron chi connectivity index (χ3n) is 4.22. The molecule has 7 heteroatoms. The average molecular weight is 388 g/mol. The molecule has 2 amide bonds. The number of nitriles is 1. The van der Waals surface area contributed by atoms with Crippen molar-refractivity contribution < 1.29 is 23.5 Å². The SMILES string of the molecule is C=CCOC(=O)c1cccc(-c2ccc(/C=C3\C(=O)NC(=O)C(C#N)=C3C)o2)c1. The molecule has 0 fully saturated rings. The van der Waals surface area contributed by atoms with E-state index in [1.54, 1.807) is 42.5 Å². The van der Waals surface area contributed by atoms with Crippen molar-refractivity contribution in [2.24, 2.45) is 0 Å². The van der Waals surface area contributed by atoms with Crippen LogP contribution in [0.25, 0.3) is 17.4 Å². The van der Waals surface area contributed by atoms with E-state index in [1.165, 1.54) is 19.1 Å². The standard InChI is InChI=1S/C22H16N2O5/c1-3-9-28-22(27)15-6-4-5-14(10-15)19-8-7-16(29-19)11-17-13(2)18(12-23)21(26)24-20(17)25/h3-8,10-11H,1,9H2,2H3,(H,24,25,26)/b17-11-. The maximum Gasteiger partial charge on any atom is 0.338 e. The molecular weight excluding hydrogens is 372 g/mol. The predicted octanol–water partition coefficient (Wildman–Crippen LogP) is 3.17. The number of imide groups is 1. The van der Waals surface area contributed by atoms with Crippen LogP contribution in [0.5, 0.6) is 0 Å². The number of rotatable bonds is 5. The molecule has 0 saturated carbocycles. The van der Waals surface area contributed by atoms with Gasteiger partial charge in [0, 0.05) is 11.1 Å². The van der Waals surface area contributed by atoms with Crippen molar-refractivity contribution in [3.8, 4) is 17.4 Å². The molecular formula is C22H16N2O5. The second-order valence-electron chi connectivity index (χ2n) is 6.12. The Labute approximate surface area is 166 Å². The summed E-state index contributed by atoms with van der Waals surface area (Å²) < 4.78 is 10.8. The highest BCUT2D eigenvalue weighted by Gasteiger charge is 2.27. The van der Waals surface area contributed by atoms with Crippen molar-refractivity contribution in [3.63, 3.8) is 0 Å². The number of benzene rings is 1. The van der Waals surface area contributed by atoms with Gasteiger partial charge in [0.1, 0.15) is 29.8 Å². The van der Waals surface area contributed by atoms with Crippen LogP contribution < -0.4 is 5.32 Å². The van der Waals surface area contributed by atoms with Gasteiger partial charge in [-0.1, -0.05) is 24.8 Å². The van der Waals surface area contributed by atoms with Crippen LogP contribution in [0.3, 0.4) is 0 Å². The number of carbonyl (C=O) groups excluding carboxylic acids is 3. The number of hydrogen-bond acceptors (Lipinski definition) is 6. The normalized spacial score (nSPS) is 15.1. The Morgan fingerprint density at radius 1 is 1.28 bits per heavy atom. The zero-order valence-corrected chi connectivity index (χ0v) is 15.5. The summed E-state index contributed by atoms with van der Waals surface area (Å²) in [7, 11) is 0. The lowest BCUT2D eigenvalue weighted by Crippen LogP contribution is -2.37. The van der Waals surface area contributed by atoms with E-state index in [0.29, 0.717) is 22.6 Å². The Morgan fingerprint density at radius 2 is 2.07 bits per heavy atom. The minimum atomic E-state index is -0.715. The minimum Gasteiger partial charge on any atom is -0.458 e. The molecule has 2 heterocycles. The first-order chi connectivity index (χ1) is 13.9. The zero-order chi connectivity index (χ0) is 21.0. The molecule has 1 aromatic heterocycles. The summed E-state index contributed by atoms with van der Waals surface area (Å²) in [5.41, 5.74) is 1.35. The average Bonchev–Trinajstić information content (AvgIpc) is 3.18. The molecule has 0 atom stereocenters. The van der Waals surface area contributed by atoms with Crippen LogP contribution in [0.1, 0.15) is 23.0 Å². The fraction of sp³-hybridized carbons (Fsp3) is 0.0909. The smallest absolute Gasteiger partial charge is 0.338 e. The van der Waals surface area contributed by atoms with Gasteiger partial charge in [-0.15, -0.1) is 0 Å². The highest BCUT2D eigenvalue weighted by atomic mass is 16.5. The van der Waals surface area contributed by atoms with Crippen LogP contribution in [0.4, 0.5) is 0 Å². The summed E-state index contributed by atoms with van der Waals surface area (Å²) in [6, 6.07) is 11.9. The third-order valence-corrected chi connectivity index (χ3v) is 4.22. The first-order valence-corrected chi connectivity index (χ1v) is 8.61. The van der Waals surface area contributed by atoms with Gasteiger partial charge in [-0.3, -0.25) is 14.9 Å². The molecule has 1 aliphatic heterocycles. The molecule has 0 radical (unpaired) electrons. The highest BCUT2D eigenvalue weighted by Crippen LogP contribution is 2.27. The lowest BCUT2D eigenvalue weighted by atomic mass is 9.96. The summed E-state index contributed by atoms with van der Waals surface area (Å²) in [6.07, 6.45) is 2.94. The number of nitrogens with zero attached hydrogens (tertiary/aromatic N) is 1. The predicted molar refractivity (Wildman–Crippen MR) is 104 cm³/mol. The van der Waals surface area contributed by atoms with Gasteiger partial charge in [0.2, 0.25) is 0 Å². The van der Waals surface area contributed by atoms with Crippen LogP contribution >= 0.6 is 0 Å². The van der Waals surface area contributed by atoms with Crippen molar-refractivity contribution >= 4 is 23.9 Å². The number of ether oxygens (including phenoxy) is 1. The van der Waals surface area contributed by atoms with Crippen molar-refractivity contribution in [1.82, 2.24) is 5.32 Å². The van der Waals surface area contributed by atoms with E-state index in [-0.39, 0.29) is 23.3 Å². The fourth-order valence-electron chi connectivity index (χ4n) is 2.76. The quantitative estimate of drug-likeness (QED) is 0.365. The van der Waals surface area contributed by atoms with E-state index in [1.807, 2.05) is 0 Å². The Kier molecular flexibility index (Phi) is 5.56. The van der Waals surface area contributed by atoms with Crippen LogP contribution in [0.15, 0.2) is 70.2 Å². The Morgan fingerprint density at radius 3 is 2.79 bits per heavy atom. The van der Waals surface area contributed by atoms with Crippen LogP contribution in [0, 0.1) is 11.3 Å². The number of furan rings is 1. The third kappa shape index (κ3) is 4.06. The molecule has 1 aliphatic rings. The first kappa shape index (κ1) is 19.6. The molecule has 2 aromatic rings. The zero-order valence-electron chi connectivity index (χ0n) is 15.5. The Hall–Kier alpha value is -4.18. The summed E-state index contributed by atoms with van der Waals surface area (Å²) in [5.74, 6) is -0.960. The second kappa shape index (κ2) is 8.23. The lowest BCUT2D eigenvalue weighted by molar-refractivity contribution is -0.126. The number of amides is 2. The van der Waals surface area contributed by atoms with Crippen molar-refractivity contribution in [1.29, 1.82) is 5.26 Å². The van der Waals surface area contributed by atoms with E-state index in [0.717, 1.165) is 0 Å². The van der Waals surface area contributed by atoms with E-state index in [2.05, 4.69) is 11.9 Å². The summed E-state index contributed by atoms with van der Waals surface area (Å²) in [6.45, 7) is 5.15. The van der Waals surface area contributed by atoms with Gasteiger partial charge in [0.15, 0.2) is 0 Å². The van der Waals surface area contributed by atoms with E-state index in [4.69, 9.17) is 14.4 Å². The highest BCUT2D eigenvalue weighted by molar-refractivity contribution is 6.19. The molecule has 29 heavy (non-hydrogen) atoms. The minimum absolute atomic E-state index is 0.115. The van der Waals surface area contributed by atoms with Gasteiger partial charge < -0.3 is 9.15 Å². The second-order valence-corrected chi connectivity index (χ2v) is 6.12. The van der Waals surface area contributed by atoms with Crippen LogP contribution in [-0.2, 0) is 14.3 Å². The van der Waals surface area contributed by atoms with Crippen molar-refractivity contribution in [2.45, 2.75) is 6.92 Å². The molecule has 0 aliphatic carbocycles. The van der Waals surface area contributed by atoms with Crippen molar-refractivity contribution in [3.05, 3.63) is 77.1 Å².